The van der Waals surface area contributed by atoms with Gasteiger partial charge in [-0.1, -0.05) is 6.92 Å². The fourth-order valence-electron chi connectivity index (χ4n) is 1.95. The molecule has 1 saturated heterocycles. The van der Waals surface area contributed by atoms with Crippen LogP contribution in [0.2, 0.25) is 0 Å². The summed E-state index contributed by atoms with van der Waals surface area (Å²) in [6.07, 6.45) is 2.23. The molecule has 0 radical (unpaired) electrons. The van der Waals surface area contributed by atoms with Crippen molar-refractivity contribution in [1.82, 2.24) is 0 Å². The van der Waals surface area contributed by atoms with Crippen molar-refractivity contribution in [3.8, 4) is 0 Å². The Kier molecular flexibility index (Phi) is 1.67. The number of nitrogens with two attached hydrogens (primary N) is 1. The molecular weight excluding hydrogens is 142 g/mol. The molecule has 1 atom stereocenters. The highest BCUT2D eigenvalue weighted by molar-refractivity contribution is 4.90. The van der Waals surface area contributed by atoms with Crippen molar-refractivity contribution in [3.63, 3.8) is 0 Å². The maximum Gasteiger partial charge on any atom is 0.169 e. The van der Waals surface area contributed by atoms with E-state index in [1.54, 1.807) is 0 Å². The SMILES string of the molecule is CC1CC2(C1)OCC(CN)O2. The summed E-state index contributed by atoms with van der Waals surface area (Å²) in [6.45, 7) is 3.48. The maximum absolute atomic E-state index is 5.66. The molecule has 1 heterocycles. The zero-order chi connectivity index (χ0) is 7.90. The maximum atomic E-state index is 5.66. The highest BCUT2D eigenvalue weighted by Crippen LogP contribution is 2.45. The fourth-order valence-corrected chi connectivity index (χ4v) is 1.95. The third-order valence-corrected chi connectivity index (χ3v) is 2.50. The van der Waals surface area contributed by atoms with E-state index in [1.165, 1.54) is 0 Å². The van der Waals surface area contributed by atoms with Crippen LogP contribution in [-0.2, 0) is 9.47 Å². The summed E-state index contributed by atoms with van der Waals surface area (Å²) in [5, 5.41) is 0. The minimum atomic E-state index is -0.219. The molecule has 0 aromatic heterocycles. The van der Waals surface area contributed by atoms with E-state index < -0.39 is 0 Å². The number of hydrogen-bond acceptors (Lipinski definition) is 3. The molecule has 1 aliphatic heterocycles. The fraction of sp³-hybridized carbons (Fsp3) is 1.00. The molecule has 2 fully saturated rings. The van der Waals surface area contributed by atoms with Gasteiger partial charge in [0.25, 0.3) is 0 Å². The molecule has 3 heteroatoms. The molecule has 0 aromatic carbocycles. The van der Waals surface area contributed by atoms with Crippen molar-refractivity contribution in [3.05, 3.63) is 0 Å². The minimum Gasteiger partial charge on any atom is -0.347 e. The lowest BCUT2D eigenvalue weighted by molar-refractivity contribution is -0.234. The molecule has 1 unspecified atom stereocenters. The number of hydrogen-bond donors (Lipinski definition) is 1. The summed E-state index contributed by atoms with van der Waals surface area (Å²) >= 11 is 0. The molecule has 1 spiro atoms. The summed E-state index contributed by atoms with van der Waals surface area (Å²) in [4.78, 5) is 0. The lowest BCUT2D eigenvalue weighted by Gasteiger charge is -2.41. The van der Waals surface area contributed by atoms with Gasteiger partial charge < -0.3 is 15.2 Å². The van der Waals surface area contributed by atoms with Gasteiger partial charge in [0.15, 0.2) is 5.79 Å². The molecule has 1 aliphatic carbocycles. The molecule has 2 rings (SSSR count). The van der Waals surface area contributed by atoms with Gasteiger partial charge >= 0.3 is 0 Å². The highest BCUT2D eigenvalue weighted by Gasteiger charge is 2.49. The minimum absolute atomic E-state index is 0.141. The molecular formula is C8H15NO2. The summed E-state index contributed by atoms with van der Waals surface area (Å²) < 4.78 is 11.2. The lowest BCUT2D eigenvalue weighted by atomic mass is 9.80. The Morgan fingerprint density at radius 2 is 2.27 bits per heavy atom. The Morgan fingerprint density at radius 1 is 1.55 bits per heavy atom. The predicted molar refractivity (Wildman–Crippen MR) is 41.0 cm³/mol. The van der Waals surface area contributed by atoms with Gasteiger partial charge in [-0.15, -0.1) is 0 Å². The van der Waals surface area contributed by atoms with Gasteiger partial charge in [0.2, 0.25) is 0 Å². The first-order valence-electron chi connectivity index (χ1n) is 4.26. The Morgan fingerprint density at radius 3 is 2.73 bits per heavy atom. The van der Waals surface area contributed by atoms with Crippen LogP contribution in [0.1, 0.15) is 19.8 Å². The van der Waals surface area contributed by atoms with Crippen molar-refractivity contribution in [1.29, 1.82) is 0 Å². The van der Waals surface area contributed by atoms with Crippen molar-refractivity contribution in [2.75, 3.05) is 13.2 Å². The highest BCUT2D eigenvalue weighted by atomic mass is 16.7. The summed E-state index contributed by atoms with van der Waals surface area (Å²) in [7, 11) is 0. The van der Waals surface area contributed by atoms with E-state index in [0.717, 1.165) is 18.8 Å². The zero-order valence-electron chi connectivity index (χ0n) is 6.88. The third kappa shape index (κ3) is 1.17. The van der Waals surface area contributed by atoms with Crippen molar-refractivity contribution in [2.24, 2.45) is 11.7 Å². The van der Waals surface area contributed by atoms with Crippen molar-refractivity contribution >= 4 is 0 Å². The van der Waals surface area contributed by atoms with E-state index in [2.05, 4.69) is 6.92 Å². The van der Waals surface area contributed by atoms with E-state index >= 15 is 0 Å². The topological polar surface area (TPSA) is 44.5 Å². The molecule has 2 aliphatic rings. The smallest absolute Gasteiger partial charge is 0.169 e. The second kappa shape index (κ2) is 2.44. The quantitative estimate of drug-likeness (QED) is 0.602. The second-order valence-corrected chi connectivity index (χ2v) is 3.71. The van der Waals surface area contributed by atoms with Gasteiger partial charge in [0.05, 0.1) is 12.7 Å². The average Bonchev–Trinajstić information content (AvgIpc) is 2.31. The largest absolute Gasteiger partial charge is 0.347 e. The Hall–Kier alpha value is -0.120. The second-order valence-electron chi connectivity index (χ2n) is 3.71. The number of rotatable bonds is 1. The van der Waals surface area contributed by atoms with Crippen LogP contribution < -0.4 is 5.73 Å². The molecule has 3 nitrogen and oxygen atoms in total. The van der Waals surface area contributed by atoms with Crippen LogP contribution in [0.15, 0.2) is 0 Å². The first-order valence-corrected chi connectivity index (χ1v) is 4.26. The van der Waals surface area contributed by atoms with Gasteiger partial charge in [-0.2, -0.15) is 0 Å². The van der Waals surface area contributed by atoms with Crippen LogP contribution in [0.4, 0.5) is 0 Å². The number of ether oxygens (including phenoxy) is 2. The van der Waals surface area contributed by atoms with Crippen molar-refractivity contribution in [2.45, 2.75) is 31.7 Å². The monoisotopic (exact) mass is 157 g/mol. The van der Waals surface area contributed by atoms with Gasteiger partial charge in [0, 0.05) is 19.4 Å². The molecule has 2 N–H and O–H groups in total. The summed E-state index contributed by atoms with van der Waals surface area (Å²) in [5.41, 5.74) is 5.46. The third-order valence-electron chi connectivity index (χ3n) is 2.50. The summed E-state index contributed by atoms with van der Waals surface area (Å²) in [5.74, 6) is 0.537. The Labute approximate surface area is 66.8 Å². The van der Waals surface area contributed by atoms with E-state index in [9.17, 15) is 0 Å². The van der Waals surface area contributed by atoms with Gasteiger partial charge in [-0.3, -0.25) is 0 Å². The summed E-state index contributed by atoms with van der Waals surface area (Å²) in [6, 6.07) is 0. The first-order chi connectivity index (χ1) is 5.24. The first kappa shape index (κ1) is 7.53. The van der Waals surface area contributed by atoms with E-state index in [1.807, 2.05) is 0 Å². The van der Waals surface area contributed by atoms with Crippen LogP contribution in [0.5, 0.6) is 0 Å². The van der Waals surface area contributed by atoms with Crippen LogP contribution >= 0.6 is 0 Å². The van der Waals surface area contributed by atoms with Crippen LogP contribution in [-0.4, -0.2) is 25.0 Å². The van der Waals surface area contributed by atoms with Crippen LogP contribution in [0.3, 0.4) is 0 Å². The lowest BCUT2D eigenvalue weighted by Crippen LogP contribution is -2.44. The molecule has 0 amide bonds. The zero-order valence-corrected chi connectivity index (χ0v) is 6.88. The van der Waals surface area contributed by atoms with Crippen LogP contribution in [0, 0.1) is 5.92 Å². The van der Waals surface area contributed by atoms with Gasteiger partial charge in [-0.25, -0.2) is 0 Å². The Balaban J connectivity index is 1.89. The molecule has 64 valence electrons. The van der Waals surface area contributed by atoms with E-state index in [4.69, 9.17) is 15.2 Å². The van der Waals surface area contributed by atoms with Gasteiger partial charge in [0.1, 0.15) is 0 Å². The molecule has 0 aromatic rings. The molecule has 0 bridgehead atoms. The average molecular weight is 157 g/mol. The standard InChI is InChI=1S/C8H15NO2/c1-6-2-8(3-6)10-5-7(4-9)11-8/h6-7H,2-5,9H2,1H3. The Bertz CT molecular complexity index is 154. The van der Waals surface area contributed by atoms with Crippen LogP contribution in [0.25, 0.3) is 0 Å². The van der Waals surface area contributed by atoms with Gasteiger partial charge in [-0.05, 0) is 5.92 Å². The van der Waals surface area contributed by atoms with Crippen molar-refractivity contribution < 1.29 is 9.47 Å². The molecule has 1 saturated carbocycles. The predicted octanol–water partition coefficient (Wildman–Crippen LogP) is 0.487. The molecule has 11 heavy (non-hydrogen) atoms. The van der Waals surface area contributed by atoms with E-state index in [-0.39, 0.29) is 11.9 Å². The van der Waals surface area contributed by atoms with E-state index in [0.29, 0.717) is 13.2 Å². The normalized spacial score (nSPS) is 49.6.